The number of hydrogen-bond acceptors (Lipinski definition) is 5. The van der Waals surface area contributed by atoms with Crippen LogP contribution >= 0.6 is 0 Å². The number of Topliss-reactive ketones (excluding diaryl/α,β-unsaturated/α-hetero) is 1. The van der Waals surface area contributed by atoms with Crippen LogP contribution in [0.4, 0.5) is 8.78 Å². The lowest BCUT2D eigenvalue weighted by atomic mass is 9.83. The average molecular weight is 565 g/mol. The molecule has 0 aliphatic heterocycles. The minimum absolute atomic E-state index is 0.00209. The van der Waals surface area contributed by atoms with E-state index in [-0.39, 0.29) is 24.7 Å². The van der Waals surface area contributed by atoms with E-state index in [0.717, 1.165) is 49.3 Å². The third kappa shape index (κ3) is 8.68. The van der Waals surface area contributed by atoms with Crippen LogP contribution in [0.15, 0.2) is 60.7 Å². The summed E-state index contributed by atoms with van der Waals surface area (Å²) < 4.78 is 33.1. The van der Waals surface area contributed by atoms with Gasteiger partial charge in [-0.3, -0.25) is 9.59 Å². The fraction of sp³-hybridized carbons (Fsp3) is 0.394. The summed E-state index contributed by atoms with van der Waals surface area (Å²) in [7, 11) is 1.59. The van der Waals surface area contributed by atoms with Crippen molar-refractivity contribution in [2.45, 2.75) is 64.1 Å². The Hall–Kier alpha value is -3.62. The molecule has 0 aromatic heterocycles. The molecule has 0 unspecified atom stereocenters. The zero-order valence-electron chi connectivity index (χ0n) is 23.6. The molecule has 0 saturated heterocycles. The molecule has 1 fully saturated rings. The molecule has 41 heavy (non-hydrogen) atoms. The number of hydrogen-bond donors (Lipinski definition) is 3. The molecule has 2 atom stereocenters. The highest BCUT2D eigenvalue weighted by molar-refractivity contribution is 6.02. The van der Waals surface area contributed by atoms with E-state index >= 15 is 0 Å². The van der Waals surface area contributed by atoms with Crippen molar-refractivity contribution in [2.24, 2.45) is 5.92 Å². The maximum Gasteiger partial charge on any atom is 0.251 e. The number of amides is 1. The van der Waals surface area contributed by atoms with E-state index < -0.39 is 29.7 Å². The number of aryl methyl sites for hydroxylation is 1. The Kier molecular flexibility index (Phi) is 10.6. The first-order chi connectivity index (χ1) is 19.7. The Morgan fingerprint density at radius 3 is 2.37 bits per heavy atom. The number of aliphatic hydroxyl groups excluding tert-OH is 1. The van der Waals surface area contributed by atoms with Crippen molar-refractivity contribution in [1.29, 1.82) is 0 Å². The van der Waals surface area contributed by atoms with Crippen LogP contribution in [-0.2, 0) is 13.0 Å². The molecule has 6 nitrogen and oxygen atoms in total. The summed E-state index contributed by atoms with van der Waals surface area (Å²) in [6.45, 7) is 2.38. The minimum atomic E-state index is -1.08. The lowest BCUT2D eigenvalue weighted by Gasteiger charge is -2.25. The van der Waals surface area contributed by atoms with Crippen LogP contribution in [0, 0.1) is 24.5 Å². The maximum atomic E-state index is 13.9. The predicted molar refractivity (Wildman–Crippen MR) is 154 cm³/mol. The normalized spacial score (nSPS) is 15.2. The Morgan fingerprint density at radius 1 is 0.951 bits per heavy atom. The van der Waals surface area contributed by atoms with Crippen molar-refractivity contribution in [1.82, 2.24) is 10.6 Å². The smallest absolute Gasteiger partial charge is 0.251 e. The van der Waals surface area contributed by atoms with Crippen molar-refractivity contribution >= 4 is 11.7 Å². The lowest BCUT2D eigenvalue weighted by Crippen LogP contribution is -2.48. The zero-order chi connectivity index (χ0) is 29.4. The number of ether oxygens (including phenoxy) is 1. The van der Waals surface area contributed by atoms with Gasteiger partial charge in [-0.25, -0.2) is 8.78 Å². The Morgan fingerprint density at radius 2 is 1.66 bits per heavy atom. The number of halogens is 2. The van der Waals surface area contributed by atoms with Gasteiger partial charge in [0.15, 0.2) is 5.78 Å². The summed E-state index contributed by atoms with van der Waals surface area (Å²) in [5.74, 6) is -1.21. The Balaban J connectivity index is 1.50. The van der Waals surface area contributed by atoms with Gasteiger partial charge in [-0.15, -0.1) is 0 Å². The van der Waals surface area contributed by atoms with E-state index in [4.69, 9.17) is 4.74 Å². The molecule has 1 aliphatic carbocycles. The maximum absolute atomic E-state index is 13.9. The molecule has 3 N–H and O–H groups in total. The lowest BCUT2D eigenvalue weighted by molar-refractivity contribution is 0.0829. The molecular weight excluding hydrogens is 526 g/mol. The predicted octanol–water partition coefficient (Wildman–Crippen LogP) is 5.54. The quantitative estimate of drug-likeness (QED) is 0.252. The van der Waals surface area contributed by atoms with E-state index in [1.165, 1.54) is 12.1 Å². The van der Waals surface area contributed by atoms with Crippen LogP contribution in [0.25, 0.3) is 0 Å². The molecule has 0 spiro atoms. The first-order valence-electron chi connectivity index (χ1n) is 14.2. The van der Waals surface area contributed by atoms with Gasteiger partial charge in [-0.2, -0.15) is 0 Å². The number of benzene rings is 3. The largest absolute Gasteiger partial charge is 0.497 e. The summed E-state index contributed by atoms with van der Waals surface area (Å²) in [5, 5.41) is 17.1. The molecule has 1 saturated carbocycles. The van der Waals surface area contributed by atoms with Gasteiger partial charge in [0, 0.05) is 36.2 Å². The van der Waals surface area contributed by atoms with Crippen molar-refractivity contribution in [3.8, 4) is 5.75 Å². The van der Waals surface area contributed by atoms with Crippen molar-refractivity contribution < 1.29 is 28.2 Å². The van der Waals surface area contributed by atoms with Gasteiger partial charge in [0.2, 0.25) is 0 Å². The SMILES string of the molecule is COc1cccc(CNC[C@H](O)[C@H](Cc2cc(F)cc(F)c2)NC(=O)c2cc(C)cc(C(=O)C3CCCCC3)c2)c1. The molecule has 8 heteroatoms. The van der Waals surface area contributed by atoms with Gasteiger partial charge in [0.25, 0.3) is 5.91 Å². The number of carbonyl (C=O) groups is 2. The summed E-state index contributed by atoms with van der Waals surface area (Å²) in [6.07, 6.45) is 3.83. The standard InChI is InChI=1S/C33H38F2N2O4/c1-21-11-25(32(39)24-8-4-3-5-9-24)17-26(12-21)33(40)37-30(16-23-13-27(34)18-28(35)14-23)31(38)20-36-19-22-7-6-10-29(15-22)41-2/h6-7,10-15,17-18,24,30-31,36,38H,3-5,8-9,16,19-20H2,1-2H3,(H,37,40)/t30-,31-/m0/s1. The zero-order valence-corrected chi connectivity index (χ0v) is 23.6. The molecular formula is C33H38F2N2O4. The summed E-state index contributed by atoms with van der Waals surface area (Å²) in [6, 6.07) is 14.9. The average Bonchev–Trinajstić information content (AvgIpc) is 2.96. The van der Waals surface area contributed by atoms with Crippen LogP contribution in [0.5, 0.6) is 5.75 Å². The molecule has 4 rings (SSSR count). The number of nitrogens with one attached hydrogen (secondary N) is 2. The van der Waals surface area contributed by atoms with Gasteiger partial charge in [0.05, 0.1) is 19.3 Å². The van der Waals surface area contributed by atoms with E-state index in [2.05, 4.69) is 10.6 Å². The number of ketones is 1. The van der Waals surface area contributed by atoms with E-state index in [1.54, 1.807) is 25.3 Å². The van der Waals surface area contributed by atoms with E-state index in [0.29, 0.717) is 29.0 Å². The van der Waals surface area contributed by atoms with Crippen LogP contribution in [0.1, 0.15) is 69.5 Å². The van der Waals surface area contributed by atoms with Gasteiger partial charge in [-0.05, 0) is 85.3 Å². The molecule has 0 radical (unpaired) electrons. The molecule has 1 amide bonds. The number of rotatable bonds is 12. The molecule has 1 aliphatic rings. The van der Waals surface area contributed by atoms with Crippen molar-refractivity contribution in [3.63, 3.8) is 0 Å². The first-order valence-corrected chi connectivity index (χ1v) is 14.2. The highest BCUT2D eigenvalue weighted by Gasteiger charge is 2.26. The third-order valence-corrected chi connectivity index (χ3v) is 7.58. The Labute approximate surface area is 240 Å². The van der Waals surface area contributed by atoms with Crippen molar-refractivity contribution in [3.05, 3.63) is 100 Å². The molecule has 0 bridgehead atoms. The fourth-order valence-corrected chi connectivity index (χ4v) is 5.46. The molecule has 3 aromatic carbocycles. The van der Waals surface area contributed by atoms with Gasteiger partial charge >= 0.3 is 0 Å². The van der Waals surface area contributed by atoms with Gasteiger partial charge < -0.3 is 20.5 Å². The second kappa shape index (κ2) is 14.3. The number of carbonyl (C=O) groups excluding carboxylic acids is 2. The van der Waals surface area contributed by atoms with E-state index in [1.807, 2.05) is 31.2 Å². The van der Waals surface area contributed by atoms with Gasteiger partial charge in [0.1, 0.15) is 17.4 Å². The number of methoxy groups -OCH3 is 1. The Bertz CT molecular complexity index is 1340. The second-order valence-corrected chi connectivity index (χ2v) is 10.9. The minimum Gasteiger partial charge on any atom is -0.497 e. The summed E-state index contributed by atoms with van der Waals surface area (Å²) >= 11 is 0. The third-order valence-electron chi connectivity index (χ3n) is 7.58. The summed E-state index contributed by atoms with van der Waals surface area (Å²) in [4.78, 5) is 26.6. The highest BCUT2D eigenvalue weighted by Crippen LogP contribution is 2.27. The summed E-state index contributed by atoms with van der Waals surface area (Å²) in [5.41, 5.74) is 2.83. The molecule has 218 valence electrons. The van der Waals surface area contributed by atoms with Gasteiger partial charge in [-0.1, -0.05) is 31.4 Å². The topological polar surface area (TPSA) is 87.7 Å². The highest BCUT2D eigenvalue weighted by atomic mass is 19.1. The second-order valence-electron chi connectivity index (χ2n) is 10.9. The monoisotopic (exact) mass is 564 g/mol. The van der Waals surface area contributed by atoms with Crippen molar-refractivity contribution in [2.75, 3.05) is 13.7 Å². The number of aliphatic hydroxyl groups is 1. The van der Waals surface area contributed by atoms with E-state index in [9.17, 15) is 23.5 Å². The molecule has 3 aromatic rings. The van der Waals surface area contributed by atoms with Crippen LogP contribution in [0.3, 0.4) is 0 Å². The van der Waals surface area contributed by atoms with Crippen LogP contribution < -0.4 is 15.4 Å². The fourth-order valence-electron chi connectivity index (χ4n) is 5.46. The molecule has 0 heterocycles. The first kappa shape index (κ1) is 30.3. The van der Waals surface area contributed by atoms with Crippen LogP contribution in [0.2, 0.25) is 0 Å². The van der Waals surface area contributed by atoms with Crippen LogP contribution in [-0.4, -0.2) is 42.6 Å².